The molecule has 1 saturated carbocycles. The van der Waals surface area contributed by atoms with E-state index in [1.165, 1.54) is 0 Å². The van der Waals surface area contributed by atoms with E-state index in [-0.39, 0.29) is 29.8 Å². The fraction of sp³-hybridized carbons (Fsp3) is 0.600. The van der Waals surface area contributed by atoms with Gasteiger partial charge in [0.05, 0.1) is 25.2 Å². The second kappa shape index (κ2) is 6.45. The first-order valence-corrected chi connectivity index (χ1v) is 9.33. The van der Waals surface area contributed by atoms with Crippen molar-refractivity contribution in [2.24, 2.45) is 11.8 Å². The summed E-state index contributed by atoms with van der Waals surface area (Å²) >= 11 is 0. The van der Waals surface area contributed by atoms with Crippen LogP contribution in [0.1, 0.15) is 50.6 Å². The van der Waals surface area contributed by atoms with Gasteiger partial charge in [0.25, 0.3) is 0 Å². The summed E-state index contributed by atoms with van der Waals surface area (Å²) in [7, 11) is 0. The first kappa shape index (κ1) is 16.6. The van der Waals surface area contributed by atoms with Crippen molar-refractivity contribution in [2.45, 2.75) is 50.8 Å². The minimum absolute atomic E-state index is 0.0179. The van der Waals surface area contributed by atoms with E-state index in [1.807, 2.05) is 30.0 Å². The minimum atomic E-state index is -0.529. The van der Waals surface area contributed by atoms with Crippen molar-refractivity contribution in [3.05, 3.63) is 35.9 Å². The summed E-state index contributed by atoms with van der Waals surface area (Å²) in [5.41, 5.74) is 0.597. The third kappa shape index (κ3) is 2.65. The number of esters is 1. The molecule has 1 amide bonds. The van der Waals surface area contributed by atoms with Crippen molar-refractivity contribution in [1.29, 1.82) is 0 Å². The number of ether oxygens (including phenoxy) is 2. The van der Waals surface area contributed by atoms with Gasteiger partial charge in [-0.2, -0.15) is 0 Å². The first-order chi connectivity index (χ1) is 12.2. The molecule has 1 aromatic carbocycles. The fourth-order valence-corrected chi connectivity index (χ4v) is 4.91. The maximum Gasteiger partial charge on any atom is 0.308 e. The summed E-state index contributed by atoms with van der Waals surface area (Å²) in [4.78, 5) is 26.9. The van der Waals surface area contributed by atoms with Crippen LogP contribution in [0, 0.1) is 11.8 Å². The molecule has 2 saturated heterocycles. The molecule has 0 N–H and O–H groups in total. The second-order valence-electron chi connectivity index (χ2n) is 7.30. The molecule has 0 bridgehead atoms. The Bertz CT molecular complexity index is 661. The van der Waals surface area contributed by atoms with Gasteiger partial charge < -0.3 is 14.4 Å². The van der Waals surface area contributed by atoms with Crippen LogP contribution in [0.2, 0.25) is 0 Å². The zero-order valence-electron chi connectivity index (χ0n) is 14.6. The topological polar surface area (TPSA) is 55.8 Å². The van der Waals surface area contributed by atoms with Crippen LogP contribution < -0.4 is 0 Å². The maximum atomic E-state index is 12.8. The van der Waals surface area contributed by atoms with E-state index in [2.05, 4.69) is 12.1 Å². The summed E-state index contributed by atoms with van der Waals surface area (Å²) in [6.45, 7) is 2.80. The monoisotopic (exact) mass is 343 g/mol. The van der Waals surface area contributed by atoms with Crippen LogP contribution >= 0.6 is 0 Å². The summed E-state index contributed by atoms with van der Waals surface area (Å²) in [5.74, 6) is 0.225. The number of carbonyl (C=O) groups is 2. The van der Waals surface area contributed by atoms with Crippen LogP contribution in [0.15, 0.2) is 30.3 Å². The van der Waals surface area contributed by atoms with E-state index in [0.29, 0.717) is 19.6 Å². The van der Waals surface area contributed by atoms with Crippen molar-refractivity contribution >= 4 is 11.9 Å². The molecule has 2 heterocycles. The van der Waals surface area contributed by atoms with Gasteiger partial charge in [-0.15, -0.1) is 0 Å². The quantitative estimate of drug-likeness (QED) is 0.792. The first-order valence-electron chi connectivity index (χ1n) is 9.33. The van der Waals surface area contributed by atoms with E-state index in [4.69, 9.17) is 9.47 Å². The molecular weight excluding hydrogens is 318 g/mol. The standard InChI is InChI=1S/C20H25NO4/c1-2-24-19(23)15-10-11-20-16(12-15)8-9-18(22)21(20)17(13-25-20)14-6-4-3-5-7-14/h3-7,15-17H,2,8-13H2,1H3/t15-,16+,17+,20+/m1/s1. The third-order valence-electron chi connectivity index (χ3n) is 6.05. The van der Waals surface area contributed by atoms with Gasteiger partial charge in [-0.25, -0.2) is 0 Å². The minimum Gasteiger partial charge on any atom is -0.466 e. The van der Waals surface area contributed by atoms with Crippen LogP contribution in [0.5, 0.6) is 0 Å². The van der Waals surface area contributed by atoms with Gasteiger partial charge in [-0.3, -0.25) is 9.59 Å². The van der Waals surface area contributed by atoms with E-state index < -0.39 is 5.72 Å². The fourth-order valence-electron chi connectivity index (χ4n) is 4.91. The Morgan fingerprint density at radius 3 is 2.88 bits per heavy atom. The van der Waals surface area contributed by atoms with E-state index in [0.717, 1.165) is 31.2 Å². The molecule has 3 aliphatic rings. The zero-order chi connectivity index (χ0) is 17.4. The number of hydrogen-bond donors (Lipinski definition) is 0. The van der Waals surface area contributed by atoms with Gasteiger partial charge in [0, 0.05) is 12.3 Å². The molecule has 1 spiro atoms. The van der Waals surface area contributed by atoms with E-state index in [9.17, 15) is 9.59 Å². The lowest BCUT2D eigenvalue weighted by atomic mass is 9.70. The van der Waals surface area contributed by atoms with E-state index >= 15 is 0 Å². The molecule has 134 valence electrons. The lowest BCUT2D eigenvalue weighted by molar-refractivity contribution is -0.193. The Labute approximate surface area is 148 Å². The van der Waals surface area contributed by atoms with E-state index in [1.54, 1.807) is 0 Å². The molecule has 1 aromatic rings. The van der Waals surface area contributed by atoms with Crippen molar-refractivity contribution in [2.75, 3.05) is 13.2 Å². The zero-order valence-corrected chi connectivity index (χ0v) is 14.6. The number of carbonyl (C=O) groups excluding carboxylic acids is 2. The molecule has 5 heteroatoms. The van der Waals surface area contributed by atoms with Gasteiger partial charge in [-0.1, -0.05) is 30.3 Å². The predicted octanol–water partition coefficient (Wildman–Crippen LogP) is 3.06. The lowest BCUT2D eigenvalue weighted by Crippen LogP contribution is -2.59. The smallest absolute Gasteiger partial charge is 0.308 e. The normalized spacial score (nSPS) is 34.4. The van der Waals surface area contributed by atoms with Gasteiger partial charge >= 0.3 is 5.97 Å². The third-order valence-corrected chi connectivity index (χ3v) is 6.05. The Kier molecular flexibility index (Phi) is 4.28. The van der Waals surface area contributed by atoms with Crippen LogP contribution in [0.25, 0.3) is 0 Å². The highest BCUT2D eigenvalue weighted by Crippen LogP contribution is 2.53. The molecule has 0 radical (unpaired) electrons. The summed E-state index contributed by atoms with van der Waals surface area (Å²) in [6, 6.07) is 10.1. The van der Waals surface area contributed by atoms with Crippen LogP contribution in [-0.2, 0) is 19.1 Å². The summed E-state index contributed by atoms with van der Waals surface area (Å²) < 4.78 is 11.5. The van der Waals surface area contributed by atoms with Crippen molar-refractivity contribution in [1.82, 2.24) is 4.90 Å². The highest BCUT2D eigenvalue weighted by atomic mass is 16.5. The molecule has 5 nitrogen and oxygen atoms in total. The Balaban J connectivity index is 1.60. The molecule has 0 unspecified atom stereocenters. The molecule has 25 heavy (non-hydrogen) atoms. The Hall–Kier alpha value is -1.88. The number of benzene rings is 1. The molecular formula is C20H25NO4. The maximum absolute atomic E-state index is 12.8. The molecule has 0 aromatic heterocycles. The predicted molar refractivity (Wildman–Crippen MR) is 91.4 cm³/mol. The average Bonchev–Trinajstić information content (AvgIpc) is 3.03. The number of nitrogens with zero attached hydrogens (tertiary/aromatic N) is 1. The van der Waals surface area contributed by atoms with Crippen LogP contribution in [-0.4, -0.2) is 35.7 Å². The van der Waals surface area contributed by atoms with Gasteiger partial charge in [0.1, 0.15) is 5.72 Å². The van der Waals surface area contributed by atoms with Gasteiger partial charge in [-0.05, 0) is 38.2 Å². The van der Waals surface area contributed by atoms with Gasteiger partial charge in [0.15, 0.2) is 0 Å². The largest absolute Gasteiger partial charge is 0.466 e. The molecule has 4 atom stereocenters. The number of amides is 1. The Morgan fingerprint density at radius 2 is 2.12 bits per heavy atom. The molecule has 4 rings (SSSR count). The molecule has 1 aliphatic carbocycles. The van der Waals surface area contributed by atoms with Crippen LogP contribution in [0.4, 0.5) is 0 Å². The highest BCUT2D eigenvalue weighted by molar-refractivity contribution is 5.79. The average molecular weight is 343 g/mol. The SMILES string of the molecule is CCOC(=O)[C@@H]1CC[C@@]23OC[C@@H](c4ccccc4)N2C(=O)CC[C@H]3C1. The molecule has 3 fully saturated rings. The van der Waals surface area contributed by atoms with Crippen molar-refractivity contribution in [3.8, 4) is 0 Å². The molecule has 2 aliphatic heterocycles. The number of rotatable bonds is 3. The lowest BCUT2D eigenvalue weighted by Gasteiger charge is -2.51. The Morgan fingerprint density at radius 1 is 1.32 bits per heavy atom. The highest BCUT2D eigenvalue weighted by Gasteiger charge is 2.59. The van der Waals surface area contributed by atoms with Crippen molar-refractivity contribution < 1.29 is 19.1 Å². The van der Waals surface area contributed by atoms with Gasteiger partial charge in [0.2, 0.25) is 5.91 Å². The second-order valence-corrected chi connectivity index (χ2v) is 7.30. The number of piperidine rings is 1. The summed E-state index contributed by atoms with van der Waals surface area (Å²) in [6.07, 6.45) is 3.53. The number of hydrogen-bond acceptors (Lipinski definition) is 4. The van der Waals surface area contributed by atoms with Crippen LogP contribution in [0.3, 0.4) is 0 Å². The van der Waals surface area contributed by atoms with Crippen molar-refractivity contribution in [3.63, 3.8) is 0 Å². The summed E-state index contributed by atoms with van der Waals surface area (Å²) in [5, 5.41) is 0.